The van der Waals surface area contributed by atoms with Crippen LogP contribution in [0.5, 0.6) is 0 Å². The molecule has 0 unspecified atom stereocenters. The van der Waals surface area contributed by atoms with Crippen molar-refractivity contribution in [3.05, 3.63) is 12.2 Å². The maximum atomic E-state index is 10.3. The molecule has 0 aliphatic rings. The predicted molar refractivity (Wildman–Crippen MR) is 69.9 cm³/mol. The zero-order chi connectivity index (χ0) is 13.1. The van der Waals surface area contributed by atoms with E-state index in [0.717, 1.165) is 38.5 Å². The molecule has 0 aromatic carbocycles. The van der Waals surface area contributed by atoms with Gasteiger partial charge in [0.2, 0.25) is 0 Å². The molecule has 0 saturated heterocycles. The predicted octanol–water partition coefficient (Wildman–Crippen LogP) is 3.37. The summed E-state index contributed by atoms with van der Waals surface area (Å²) < 4.78 is 0. The molecule has 0 amide bonds. The lowest BCUT2D eigenvalue weighted by molar-refractivity contribution is -0.137. The van der Waals surface area contributed by atoms with Gasteiger partial charge in [0.25, 0.3) is 0 Å². The Bertz CT molecular complexity index is 224. The molecule has 0 aromatic heterocycles. The normalized spacial score (nSPS) is 15.0. The molecule has 17 heavy (non-hydrogen) atoms. The summed E-state index contributed by atoms with van der Waals surface area (Å²) in [4.78, 5) is 10.3. The maximum Gasteiger partial charge on any atom is 0.303 e. The molecule has 0 saturated carbocycles. The van der Waals surface area contributed by atoms with Gasteiger partial charge in [0.15, 0.2) is 0 Å². The fourth-order valence-electron chi connectivity index (χ4n) is 1.65. The highest BCUT2D eigenvalue weighted by atomic mass is 16.4. The SMILES string of the molecule is CCCC[C@@H](O)[C@@H](C)C=CCCCCC(=O)O. The van der Waals surface area contributed by atoms with E-state index in [4.69, 9.17) is 5.11 Å². The first-order valence-electron chi connectivity index (χ1n) is 6.64. The first kappa shape index (κ1) is 16.2. The number of carbonyl (C=O) groups is 1. The van der Waals surface area contributed by atoms with Crippen LogP contribution >= 0.6 is 0 Å². The molecule has 0 bridgehead atoms. The molecule has 0 fully saturated rings. The average molecular weight is 242 g/mol. The molecule has 0 radical (unpaired) electrons. The van der Waals surface area contributed by atoms with Crippen LogP contribution < -0.4 is 0 Å². The zero-order valence-electron chi connectivity index (χ0n) is 11.1. The van der Waals surface area contributed by atoms with Crippen LogP contribution in [0.2, 0.25) is 0 Å². The van der Waals surface area contributed by atoms with Crippen molar-refractivity contribution < 1.29 is 15.0 Å². The zero-order valence-corrected chi connectivity index (χ0v) is 11.1. The Morgan fingerprint density at radius 3 is 2.59 bits per heavy atom. The standard InChI is InChI=1S/C14H26O3/c1-3-4-10-13(15)12(2)9-7-5-6-8-11-14(16)17/h7,9,12-13,15H,3-6,8,10-11H2,1-2H3,(H,16,17)/t12-,13+/m0/s1. The van der Waals surface area contributed by atoms with Crippen LogP contribution in [0.3, 0.4) is 0 Å². The lowest BCUT2D eigenvalue weighted by Gasteiger charge is -2.14. The Kier molecular flexibility index (Phi) is 9.83. The van der Waals surface area contributed by atoms with Crippen LogP contribution in [-0.2, 0) is 4.79 Å². The number of aliphatic hydroxyl groups is 1. The minimum atomic E-state index is -0.725. The second kappa shape index (κ2) is 10.3. The smallest absolute Gasteiger partial charge is 0.303 e. The van der Waals surface area contributed by atoms with Gasteiger partial charge in [-0.3, -0.25) is 4.79 Å². The maximum absolute atomic E-state index is 10.3. The minimum Gasteiger partial charge on any atom is -0.481 e. The van der Waals surface area contributed by atoms with Crippen molar-refractivity contribution in [2.24, 2.45) is 5.92 Å². The molecule has 3 heteroatoms. The summed E-state index contributed by atoms with van der Waals surface area (Å²) >= 11 is 0. The summed E-state index contributed by atoms with van der Waals surface area (Å²) in [6.45, 7) is 4.14. The molecule has 0 spiro atoms. The fraction of sp³-hybridized carbons (Fsp3) is 0.786. The highest BCUT2D eigenvalue weighted by Gasteiger charge is 2.09. The highest BCUT2D eigenvalue weighted by molar-refractivity contribution is 5.66. The number of allylic oxidation sites excluding steroid dienone is 1. The van der Waals surface area contributed by atoms with Crippen molar-refractivity contribution in [1.29, 1.82) is 0 Å². The van der Waals surface area contributed by atoms with Gasteiger partial charge in [-0.2, -0.15) is 0 Å². The third kappa shape index (κ3) is 10.1. The van der Waals surface area contributed by atoms with Crippen LogP contribution in [0.15, 0.2) is 12.2 Å². The van der Waals surface area contributed by atoms with Crippen LogP contribution in [0.4, 0.5) is 0 Å². The molecule has 0 rings (SSSR count). The molecular formula is C14H26O3. The number of aliphatic hydroxyl groups excluding tert-OH is 1. The minimum absolute atomic E-state index is 0.195. The molecule has 2 atom stereocenters. The average Bonchev–Trinajstić information content (AvgIpc) is 2.29. The first-order valence-corrected chi connectivity index (χ1v) is 6.64. The second-order valence-electron chi connectivity index (χ2n) is 4.64. The summed E-state index contributed by atoms with van der Waals surface area (Å²) in [7, 11) is 0. The van der Waals surface area contributed by atoms with Gasteiger partial charge in [0.1, 0.15) is 0 Å². The Balaban J connectivity index is 3.58. The van der Waals surface area contributed by atoms with Crippen molar-refractivity contribution >= 4 is 5.97 Å². The molecule has 0 aliphatic heterocycles. The number of hydrogen-bond acceptors (Lipinski definition) is 2. The van der Waals surface area contributed by atoms with Crippen molar-refractivity contribution in [2.45, 2.75) is 64.9 Å². The number of rotatable bonds is 10. The lowest BCUT2D eigenvalue weighted by atomic mass is 9.99. The third-order valence-electron chi connectivity index (χ3n) is 2.91. The Morgan fingerprint density at radius 2 is 2.00 bits per heavy atom. The van der Waals surface area contributed by atoms with Gasteiger partial charge in [-0.05, 0) is 31.6 Å². The van der Waals surface area contributed by atoms with Crippen molar-refractivity contribution in [2.75, 3.05) is 0 Å². The summed E-state index contributed by atoms with van der Waals surface area (Å²) in [5, 5.41) is 18.3. The highest BCUT2D eigenvalue weighted by Crippen LogP contribution is 2.12. The van der Waals surface area contributed by atoms with Crippen molar-refractivity contribution in [3.8, 4) is 0 Å². The Morgan fingerprint density at radius 1 is 1.29 bits per heavy atom. The van der Waals surface area contributed by atoms with E-state index in [-0.39, 0.29) is 18.4 Å². The molecule has 2 N–H and O–H groups in total. The van der Waals surface area contributed by atoms with E-state index in [2.05, 4.69) is 13.0 Å². The third-order valence-corrected chi connectivity index (χ3v) is 2.91. The fourth-order valence-corrected chi connectivity index (χ4v) is 1.65. The summed E-state index contributed by atoms with van der Waals surface area (Å²) in [6, 6.07) is 0. The van der Waals surface area contributed by atoms with Gasteiger partial charge in [-0.25, -0.2) is 0 Å². The first-order chi connectivity index (χ1) is 8.07. The molecule has 0 aromatic rings. The van der Waals surface area contributed by atoms with E-state index in [1.165, 1.54) is 0 Å². The van der Waals surface area contributed by atoms with Crippen LogP contribution in [0.1, 0.15) is 58.8 Å². The van der Waals surface area contributed by atoms with Crippen molar-refractivity contribution in [1.82, 2.24) is 0 Å². The number of carboxylic acid groups (broad SMARTS) is 1. The van der Waals surface area contributed by atoms with E-state index in [0.29, 0.717) is 0 Å². The molecule has 0 aliphatic carbocycles. The number of hydrogen-bond donors (Lipinski definition) is 2. The van der Waals surface area contributed by atoms with Gasteiger partial charge < -0.3 is 10.2 Å². The van der Waals surface area contributed by atoms with E-state index in [1.807, 2.05) is 13.0 Å². The molecule has 0 heterocycles. The van der Waals surface area contributed by atoms with Crippen LogP contribution in [-0.4, -0.2) is 22.3 Å². The van der Waals surface area contributed by atoms with Gasteiger partial charge in [0, 0.05) is 6.42 Å². The summed E-state index contributed by atoms with van der Waals surface area (Å²) in [6.07, 6.45) is 9.68. The largest absolute Gasteiger partial charge is 0.481 e. The van der Waals surface area contributed by atoms with Crippen LogP contribution in [0.25, 0.3) is 0 Å². The van der Waals surface area contributed by atoms with Crippen LogP contribution in [0, 0.1) is 5.92 Å². The number of carboxylic acids is 1. The second-order valence-corrected chi connectivity index (χ2v) is 4.64. The van der Waals surface area contributed by atoms with E-state index >= 15 is 0 Å². The number of unbranched alkanes of at least 4 members (excludes halogenated alkanes) is 3. The van der Waals surface area contributed by atoms with Gasteiger partial charge >= 0.3 is 5.97 Å². The van der Waals surface area contributed by atoms with E-state index in [9.17, 15) is 9.90 Å². The van der Waals surface area contributed by atoms with Gasteiger partial charge in [-0.15, -0.1) is 0 Å². The van der Waals surface area contributed by atoms with E-state index < -0.39 is 5.97 Å². The quantitative estimate of drug-likeness (QED) is 0.456. The molecular weight excluding hydrogens is 216 g/mol. The van der Waals surface area contributed by atoms with Crippen molar-refractivity contribution in [3.63, 3.8) is 0 Å². The Labute approximate surface area is 105 Å². The molecule has 3 nitrogen and oxygen atoms in total. The van der Waals surface area contributed by atoms with E-state index in [1.54, 1.807) is 0 Å². The van der Waals surface area contributed by atoms with Gasteiger partial charge in [-0.1, -0.05) is 38.8 Å². The summed E-state index contributed by atoms with van der Waals surface area (Å²) in [5.74, 6) is -0.529. The number of aliphatic carboxylic acids is 1. The Hall–Kier alpha value is -0.830. The van der Waals surface area contributed by atoms with Gasteiger partial charge in [0.05, 0.1) is 6.10 Å². The lowest BCUT2D eigenvalue weighted by Crippen LogP contribution is -2.15. The summed E-state index contributed by atoms with van der Waals surface area (Å²) in [5.41, 5.74) is 0. The monoisotopic (exact) mass is 242 g/mol. The topological polar surface area (TPSA) is 57.5 Å². The molecule has 100 valence electrons.